The first kappa shape index (κ1) is 8.53. The maximum absolute atomic E-state index is 10.4. The summed E-state index contributed by atoms with van der Waals surface area (Å²) in [5.41, 5.74) is 1.24. The second-order valence-corrected chi connectivity index (χ2v) is 2.44. The van der Waals surface area contributed by atoms with Crippen molar-refractivity contribution >= 4 is 12.4 Å². The standard InChI is InChI=1S/C10H10O2/c1-2-3-8-4-5-10(12)9(6-8)7-11/h2-7,12H,1H3/b3-2+. The maximum atomic E-state index is 10.4. The third kappa shape index (κ3) is 1.72. The summed E-state index contributed by atoms with van der Waals surface area (Å²) >= 11 is 0. The fraction of sp³-hybridized carbons (Fsp3) is 0.100. The van der Waals surface area contributed by atoms with Crippen LogP contribution in [0.15, 0.2) is 24.3 Å². The van der Waals surface area contributed by atoms with Gasteiger partial charge in [0.25, 0.3) is 0 Å². The monoisotopic (exact) mass is 162 g/mol. The van der Waals surface area contributed by atoms with Gasteiger partial charge in [0, 0.05) is 0 Å². The van der Waals surface area contributed by atoms with E-state index in [1.165, 1.54) is 6.07 Å². The minimum Gasteiger partial charge on any atom is -0.507 e. The van der Waals surface area contributed by atoms with Gasteiger partial charge < -0.3 is 5.11 Å². The fourth-order valence-corrected chi connectivity index (χ4v) is 0.964. The largest absolute Gasteiger partial charge is 0.507 e. The van der Waals surface area contributed by atoms with Crippen LogP contribution in [0.1, 0.15) is 22.8 Å². The summed E-state index contributed by atoms with van der Waals surface area (Å²) < 4.78 is 0. The molecular formula is C10H10O2. The van der Waals surface area contributed by atoms with Crippen LogP contribution in [0, 0.1) is 0 Å². The zero-order valence-corrected chi connectivity index (χ0v) is 6.82. The predicted molar refractivity (Wildman–Crippen MR) is 48.2 cm³/mol. The number of allylic oxidation sites excluding steroid dienone is 1. The van der Waals surface area contributed by atoms with Crippen molar-refractivity contribution in [2.24, 2.45) is 0 Å². The average Bonchev–Trinajstić information content (AvgIpc) is 2.09. The minimum absolute atomic E-state index is 0.0262. The zero-order chi connectivity index (χ0) is 8.97. The molecule has 0 spiro atoms. The van der Waals surface area contributed by atoms with E-state index in [-0.39, 0.29) is 5.75 Å². The van der Waals surface area contributed by atoms with E-state index in [2.05, 4.69) is 0 Å². The molecule has 0 atom stereocenters. The normalized spacial score (nSPS) is 10.4. The highest BCUT2D eigenvalue weighted by Gasteiger charge is 1.98. The number of phenols is 1. The molecule has 0 aromatic heterocycles. The molecule has 0 bridgehead atoms. The van der Waals surface area contributed by atoms with Gasteiger partial charge in [-0.1, -0.05) is 18.2 Å². The summed E-state index contributed by atoms with van der Waals surface area (Å²) in [5.74, 6) is 0.0262. The van der Waals surface area contributed by atoms with E-state index in [0.29, 0.717) is 11.8 Å². The summed E-state index contributed by atoms with van der Waals surface area (Å²) in [6, 6.07) is 4.91. The molecule has 0 radical (unpaired) electrons. The Bertz CT molecular complexity index is 314. The highest BCUT2D eigenvalue weighted by atomic mass is 16.3. The SMILES string of the molecule is C/C=C/c1ccc(O)c(C=O)c1. The molecular weight excluding hydrogens is 152 g/mol. The van der Waals surface area contributed by atoms with Crippen LogP contribution >= 0.6 is 0 Å². The van der Waals surface area contributed by atoms with Crippen LogP contribution in [0.5, 0.6) is 5.75 Å². The van der Waals surface area contributed by atoms with E-state index in [9.17, 15) is 4.79 Å². The molecule has 0 amide bonds. The zero-order valence-electron chi connectivity index (χ0n) is 6.82. The van der Waals surface area contributed by atoms with Gasteiger partial charge in [-0.25, -0.2) is 0 Å². The molecule has 2 nitrogen and oxygen atoms in total. The van der Waals surface area contributed by atoms with Gasteiger partial charge in [0.05, 0.1) is 5.56 Å². The number of hydrogen-bond acceptors (Lipinski definition) is 2. The molecule has 1 aromatic carbocycles. The third-order valence-electron chi connectivity index (χ3n) is 1.54. The van der Waals surface area contributed by atoms with Crippen LogP contribution in [0.3, 0.4) is 0 Å². The molecule has 0 aliphatic carbocycles. The molecule has 0 unspecified atom stereocenters. The van der Waals surface area contributed by atoms with Crippen LogP contribution in [-0.4, -0.2) is 11.4 Å². The van der Waals surface area contributed by atoms with Crippen LogP contribution in [-0.2, 0) is 0 Å². The number of benzene rings is 1. The van der Waals surface area contributed by atoms with Gasteiger partial charge in [0.1, 0.15) is 5.75 Å². The first-order chi connectivity index (χ1) is 5.77. The van der Waals surface area contributed by atoms with Gasteiger partial charge in [-0.2, -0.15) is 0 Å². The number of aromatic hydroxyl groups is 1. The molecule has 1 aromatic rings. The Morgan fingerprint density at radius 1 is 1.42 bits per heavy atom. The van der Waals surface area contributed by atoms with E-state index in [1.54, 1.807) is 12.1 Å². The number of rotatable bonds is 2. The van der Waals surface area contributed by atoms with Crippen LogP contribution in [0.4, 0.5) is 0 Å². The minimum atomic E-state index is 0.0262. The summed E-state index contributed by atoms with van der Waals surface area (Å²) in [5, 5.41) is 9.15. The Morgan fingerprint density at radius 3 is 2.75 bits per heavy atom. The summed E-state index contributed by atoms with van der Waals surface area (Å²) in [6.45, 7) is 1.90. The van der Waals surface area contributed by atoms with Gasteiger partial charge in [-0.15, -0.1) is 0 Å². The smallest absolute Gasteiger partial charge is 0.153 e. The van der Waals surface area contributed by atoms with Crippen molar-refractivity contribution in [2.75, 3.05) is 0 Å². The first-order valence-corrected chi connectivity index (χ1v) is 3.69. The van der Waals surface area contributed by atoms with Crippen molar-refractivity contribution < 1.29 is 9.90 Å². The van der Waals surface area contributed by atoms with Crippen molar-refractivity contribution in [1.82, 2.24) is 0 Å². The predicted octanol–water partition coefficient (Wildman–Crippen LogP) is 2.24. The number of hydrogen-bond donors (Lipinski definition) is 1. The molecule has 0 aliphatic heterocycles. The van der Waals surface area contributed by atoms with Gasteiger partial charge in [-0.3, -0.25) is 4.79 Å². The van der Waals surface area contributed by atoms with Crippen LogP contribution < -0.4 is 0 Å². The molecule has 1 rings (SSSR count). The number of phenolic OH excluding ortho intramolecular Hbond substituents is 1. The molecule has 1 N–H and O–H groups in total. The quantitative estimate of drug-likeness (QED) is 0.677. The van der Waals surface area contributed by atoms with Gasteiger partial charge in [0.2, 0.25) is 0 Å². The number of carbonyl (C=O) groups excluding carboxylic acids is 1. The molecule has 0 saturated heterocycles. The van der Waals surface area contributed by atoms with Crippen molar-refractivity contribution in [3.63, 3.8) is 0 Å². The molecule has 2 heteroatoms. The Labute approximate surface area is 71.2 Å². The third-order valence-corrected chi connectivity index (χ3v) is 1.54. The van der Waals surface area contributed by atoms with E-state index in [4.69, 9.17) is 5.11 Å². The van der Waals surface area contributed by atoms with E-state index in [1.807, 2.05) is 19.1 Å². The van der Waals surface area contributed by atoms with Crippen molar-refractivity contribution in [1.29, 1.82) is 0 Å². The summed E-state index contributed by atoms with van der Waals surface area (Å²) in [4.78, 5) is 10.4. The molecule has 12 heavy (non-hydrogen) atoms. The Morgan fingerprint density at radius 2 is 2.17 bits per heavy atom. The second-order valence-electron chi connectivity index (χ2n) is 2.44. The Kier molecular flexibility index (Phi) is 2.64. The summed E-state index contributed by atoms with van der Waals surface area (Å²) in [7, 11) is 0. The Hall–Kier alpha value is -1.57. The van der Waals surface area contributed by atoms with Crippen molar-refractivity contribution in [3.8, 4) is 5.75 Å². The van der Waals surface area contributed by atoms with Gasteiger partial charge in [0.15, 0.2) is 6.29 Å². The van der Waals surface area contributed by atoms with E-state index in [0.717, 1.165) is 5.56 Å². The van der Waals surface area contributed by atoms with Crippen molar-refractivity contribution in [2.45, 2.75) is 6.92 Å². The van der Waals surface area contributed by atoms with Gasteiger partial charge in [-0.05, 0) is 24.6 Å². The second kappa shape index (κ2) is 3.72. The molecule has 0 aliphatic rings. The molecule has 0 heterocycles. The van der Waals surface area contributed by atoms with Crippen LogP contribution in [0.2, 0.25) is 0 Å². The lowest BCUT2D eigenvalue weighted by Crippen LogP contribution is -1.82. The van der Waals surface area contributed by atoms with E-state index < -0.39 is 0 Å². The molecule has 62 valence electrons. The van der Waals surface area contributed by atoms with Crippen LogP contribution in [0.25, 0.3) is 6.08 Å². The van der Waals surface area contributed by atoms with Crippen molar-refractivity contribution in [3.05, 3.63) is 35.4 Å². The fourth-order valence-electron chi connectivity index (χ4n) is 0.964. The number of aldehydes is 1. The highest BCUT2D eigenvalue weighted by Crippen LogP contribution is 2.16. The lowest BCUT2D eigenvalue weighted by atomic mass is 10.1. The molecule has 0 fully saturated rings. The van der Waals surface area contributed by atoms with Gasteiger partial charge >= 0.3 is 0 Å². The maximum Gasteiger partial charge on any atom is 0.153 e. The lowest BCUT2D eigenvalue weighted by Gasteiger charge is -1.97. The number of carbonyl (C=O) groups is 1. The lowest BCUT2D eigenvalue weighted by molar-refractivity contribution is 0.112. The Balaban J connectivity index is 3.13. The van der Waals surface area contributed by atoms with E-state index >= 15 is 0 Å². The average molecular weight is 162 g/mol. The highest BCUT2D eigenvalue weighted by molar-refractivity contribution is 5.80. The summed E-state index contributed by atoms with van der Waals surface area (Å²) in [6.07, 6.45) is 4.38. The first-order valence-electron chi connectivity index (χ1n) is 3.69. The topological polar surface area (TPSA) is 37.3 Å². The molecule has 0 saturated carbocycles.